The van der Waals surface area contributed by atoms with Crippen molar-refractivity contribution in [3.8, 4) is 0 Å². The molecule has 19 heavy (non-hydrogen) atoms. The van der Waals surface area contributed by atoms with E-state index in [0.29, 0.717) is 6.04 Å². The maximum atomic E-state index is 5.20. The van der Waals surface area contributed by atoms with Gasteiger partial charge in [0.25, 0.3) is 0 Å². The molecule has 0 unspecified atom stereocenters. The highest BCUT2D eigenvalue weighted by Crippen LogP contribution is 2.32. The fourth-order valence-electron chi connectivity index (χ4n) is 1.98. The zero-order valence-electron chi connectivity index (χ0n) is 11.8. The summed E-state index contributed by atoms with van der Waals surface area (Å²) in [7, 11) is 1.74. The number of aromatic nitrogens is 2. The molecule has 0 aliphatic heterocycles. The Morgan fingerprint density at radius 2 is 2.26 bits per heavy atom. The third-order valence-corrected chi connectivity index (χ3v) is 3.60. The quantitative estimate of drug-likeness (QED) is 0.583. The Hall–Kier alpha value is -1.01. The predicted octanol–water partition coefficient (Wildman–Crippen LogP) is 2.25. The largest absolute Gasteiger partial charge is 0.383 e. The highest BCUT2D eigenvalue weighted by molar-refractivity contribution is 7.98. The van der Waals surface area contributed by atoms with E-state index in [2.05, 4.69) is 27.1 Å². The van der Waals surface area contributed by atoms with E-state index < -0.39 is 0 Å². The Balaban J connectivity index is 2.21. The van der Waals surface area contributed by atoms with Crippen LogP contribution in [0.4, 0.5) is 11.6 Å². The number of methoxy groups -OCH3 is 1. The first kappa shape index (κ1) is 14.4. The van der Waals surface area contributed by atoms with Crippen LogP contribution in [0.1, 0.15) is 19.8 Å². The van der Waals surface area contributed by atoms with Crippen LogP contribution in [-0.4, -0.2) is 49.1 Å². The first-order chi connectivity index (χ1) is 9.28. The summed E-state index contributed by atoms with van der Waals surface area (Å²) in [4.78, 5) is 11.4. The lowest BCUT2D eigenvalue weighted by molar-refractivity contribution is 0.204. The summed E-state index contributed by atoms with van der Waals surface area (Å²) in [6.45, 7) is 4.55. The van der Waals surface area contributed by atoms with Crippen molar-refractivity contribution >= 4 is 23.4 Å². The zero-order chi connectivity index (χ0) is 13.7. The number of ether oxygens (including phenoxy) is 1. The van der Waals surface area contributed by atoms with E-state index in [9.17, 15) is 0 Å². The van der Waals surface area contributed by atoms with Crippen LogP contribution >= 0.6 is 11.8 Å². The van der Waals surface area contributed by atoms with Gasteiger partial charge in [-0.3, -0.25) is 0 Å². The number of anilines is 2. The molecule has 0 saturated heterocycles. The second-order valence-corrected chi connectivity index (χ2v) is 5.32. The van der Waals surface area contributed by atoms with Crippen LogP contribution in [-0.2, 0) is 4.74 Å². The van der Waals surface area contributed by atoms with Gasteiger partial charge in [0.15, 0.2) is 5.16 Å². The Bertz CT molecular complexity index is 412. The molecule has 0 bridgehead atoms. The molecule has 0 atom stereocenters. The summed E-state index contributed by atoms with van der Waals surface area (Å²) in [5, 5.41) is 4.09. The smallest absolute Gasteiger partial charge is 0.191 e. The van der Waals surface area contributed by atoms with Crippen molar-refractivity contribution in [1.29, 1.82) is 0 Å². The van der Waals surface area contributed by atoms with Crippen molar-refractivity contribution < 1.29 is 4.74 Å². The van der Waals surface area contributed by atoms with Crippen molar-refractivity contribution in [3.63, 3.8) is 0 Å². The molecule has 0 amide bonds. The van der Waals surface area contributed by atoms with Crippen LogP contribution in [0.2, 0.25) is 0 Å². The Morgan fingerprint density at radius 1 is 1.47 bits per heavy atom. The fraction of sp³-hybridized carbons (Fsp3) is 0.692. The minimum absolute atomic E-state index is 0.620. The summed E-state index contributed by atoms with van der Waals surface area (Å²) < 4.78 is 5.20. The lowest BCUT2D eigenvalue weighted by Crippen LogP contribution is -2.30. The van der Waals surface area contributed by atoms with Crippen LogP contribution in [0, 0.1) is 0 Å². The second-order valence-electron chi connectivity index (χ2n) is 4.55. The van der Waals surface area contributed by atoms with E-state index in [-0.39, 0.29) is 0 Å². The van der Waals surface area contributed by atoms with E-state index in [1.165, 1.54) is 12.8 Å². The summed E-state index contributed by atoms with van der Waals surface area (Å²) in [5.41, 5.74) is 0. The standard InChI is InChI=1S/C13H22N4OS/c1-4-14-11-9-12(16-13(15-11)19-3)17(7-8-18-2)10-5-6-10/h9-10H,4-8H2,1-3H3,(H,14,15,16). The molecule has 2 rings (SSSR count). The third-order valence-electron chi connectivity index (χ3n) is 3.05. The summed E-state index contributed by atoms with van der Waals surface area (Å²) in [6.07, 6.45) is 4.50. The molecule has 1 fully saturated rings. The summed E-state index contributed by atoms with van der Waals surface area (Å²) in [6, 6.07) is 2.66. The SMILES string of the molecule is CCNc1cc(N(CCOC)C2CC2)nc(SC)n1. The van der Waals surface area contributed by atoms with Gasteiger partial charge in [0, 0.05) is 32.3 Å². The van der Waals surface area contributed by atoms with Gasteiger partial charge in [0.2, 0.25) is 0 Å². The van der Waals surface area contributed by atoms with Crippen molar-refractivity contribution in [3.05, 3.63) is 6.07 Å². The summed E-state index contributed by atoms with van der Waals surface area (Å²) in [5.74, 6) is 1.91. The van der Waals surface area contributed by atoms with Gasteiger partial charge in [-0.2, -0.15) is 0 Å². The molecule has 1 aromatic heterocycles. The van der Waals surface area contributed by atoms with E-state index in [1.807, 2.05) is 12.3 Å². The second kappa shape index (κ2) is 6.96. The topological polar surface area (TPSA) is 50.3 Å². The molecule has 1 heterocycles. The van der Waals surface area contributed by atoms with Gasteiger partial charge < -0.3 is 15.0 Å². The zero-order valence-corrected chi connectivity index (χ0v) is 12.7. The lowest BCUT2D eigenvalue weighted by atomic mass is 10.4. The highest BCUT2D eigenvalue weighted by Gasteiger charge is 2.30. The van der Waals surface area contributed by atoms with Gasteiger partial charge in [-0.05, 0) is 26.0 Å². The van der Waals surface area contributed by atoms with Gasteiger partial charge in [0.1, 0.15) is 11.6 Å². The predicted molar refractivity (Wildman–Crippen MR) is 80.2 cm³/mol. The number of hydrogen-bond donors (Lipinski definition) is 1. The van der Waals surface area contributed by atoms with Crippen molar-refractivity contribution in [2.24, 2.45) is 0 Å². The first-order valence-corrected chi connectivity index (χ1v) is 7.93. The van der Waals surface area contributed by atoms with E-state index in [4.69, 9.17) is 4.74 Å². The van der Waals surface area contributed by atoms with Gasteiger partial charge in [-0.1, -0.05) is 11.8 Å². The molecule has 6 heteroatoms. The number of thioether (sulfide) groups is 1. The van der Waals surface area contributed by atoms with Crippen molar-refractivity contribution in [2.75, 3.05) is 43.3 Å². The number of hydrogen-bond acceptors (Lipinski definition) is 6. The molecule has 1 aliphatic rings. The maximum absolute atomic E-state index is 5.20. The minimum atomic E-state index is 0.620. The van der Waals surface area contributed by atoms with E-state index >= 15 is 0 Å². The minimum Gasteiger partial charge on any atom is -0.383 e. The van der Waals surface area contributed by atoms with Crippen LogP contribution in [0.15, 0.2) is 11.2 Å². The molecular weight excluding hydrogens is 260 g/mol. The average Bonchev–Trinajstić information content (AvgIpc) is 3.24. The van der Waals surface area contributed by atoms with Crippen LogP contribution < -0.4 is 10.2 Å². The monoisotopic (exact) mass is 282 g/mol. The average molecular weight is 282 g/mol. The fourth-order valence-corrected chi connectivity index (χ4v) is 2.36. The number of nitrogens with one attached hydrogen (secondary N) is 1. The number of nitrogens with zero attached hydrogens (tertiary/aromatic N) is 3. The summed E-state index contributed by atoms with van der Waals surface area (Å²) >= 11 is 1.58. The Morgan fingerprint density at radius 3 is 2.84 bits per heavy atom. The third kappa shape index (κ3) is 3.98. The molecule has 0 aromatic carbocycles. The van der Waals surface area contributed by atoms with Crippen molar-refractivity contribution in [1.82, 2.24) is 9.97 Å². The number of rotatable bonds is 8. The maximum Gasteiger partial charge on any atom is 0.191 e. The lowest BCUT2D eigenvalue weighted by Gasteiger charge is -2.24. The van der Waals surface area contributed by atoms with Gasteiger partial charge in [0.05, 0.1) is 6.61 Å². The van der Waals surface area contributed by atoms with Crippen LogP contribution in [0.25, 0.3) is 0 Å². The van der Waals surface area contributed by atoms with Gasteiger partial charge in [-0.25, -0.2) is 9.97 Å². The molecule has 1 saturated carbocycles. The molecule has 0 radical (unpaired) electrons. The molecule has 1 aliphatic carbocycles. The van der Waals surface area contributed by atoms with Gasteiger partial charge >= 0.3 is 0 Å². The van der Waals surface area contributed by atoms with Crippen LogP contribution in [0.5, 0.6) is 0 Å². The molecule has 106 valence electrons. The first-order valence-electron chi connectivity index (χ1n) is 6.71. The van der Waals surface area contributed by atoms with Gasteiger partial charge in [-0.15, -0.1) is 0 Å². The normalized spacial score (nSPS) is 14.5. The molecular formula is C13H22N4OS. The van der Waals surface area contributed by atoms with E-state index in [1.54, 1.807) is 18.9 Å². The molecule has 1 aromatic rings. The molecule has 1 N–H and O–H groups in total. The highest BCUT2D eigenvalue weighted by atomic mass is 32.2. The Labute approximate surface area is 119 Å². The van der Waals surface area contributed by atoms with E-state index in [0.717, 1.165) is 36.5 Å². The molecule has 5 nitrogen and oxygen atoms in total. The van der Waals surface area contributed by atoms with Crippen molar-refractivity contribution in [2.45, 2.75) is 31.0 Å². The van der Waals surface area contributed by atoms with Crippen LogP contribution in [0.3, 0.4) is 0 Å². The molecule has 0 spiro atoms. The Kier molecular flexibility index (Phi) is 5.27.